The number of aryl methyl sites for hydroxylation is 2. The third-order valence-corrected chi connectivity index (χ3v) is 6.82. The third kappa shape index (κ3) is 5.35. The number of benzene rings is 3. The Hall–Kier alpha value is -3.55. The molecule has 1 aliphatic heterocycles. The van der Waals surface area contributed by atoms with Gasteiger partial charge in [-0.15, -0.1) is 0 Å². The van der Waals surface area contributed by atoms with E-state index < -0.39 is 48.6 Å². The van der Waals surface area contributed by atoms with E-state index in [0.29, 0.717) is 22.3 Å². The number of carbonyl (C=O) groups is 1. The van der Waals surface area contributed by atoms with Gasteiger partial charge in [-0.3, -0.25) is 4.90 Å². The normalized spacial score (nSPS) is 20.0. The second-order valence-electron chi connectivity index (χ2n) is 9.76. The van der Waals surface area contributed by atoms with E-state index in [1.165, 1.54) is 25.0 Å². The predicted molar refractivity (Wildman–Crippen MR) is 138 cm³/mol. The molecule has 1 aliphatic rings. The fourth-order valence-corrected chi connectivity index (χ4v) is 4.88. The minimum atomic E-state index is -4.55. The molecule has 1 saturated heterocycles. The highest BCUT2D eigenvalue weighted by Crippen LogP contribution is 2.40. The van der Waals surface area contributed by atoms with Gasteiger partial charge in [0, 0.05) is 15.7 Å². The fraction of sp³-hybridized carbons (Fsp3) is 0.367. The summed E-state index contributed by atoms with van der Waals surface area (Å²) < 4.78 is 89.7. The second kappa shape index (κ2) is 10.3. The van der Waals surface area contributed by atoms with Gasteiger partial charge in [0.1, 0.15) is 17.7 Å². The Kier molecular flexibility index (Phi) is 6.39. The van der Waals surface area contributed by atoms with E-state index in [4.69, 9.17) is 13.6 Å². The largest absolute Gasteiger partial charge is 0.496 e. The van der Waals surface area contributed by atoms with Crippen LogP contribution in [0.3, 0.4) is 0 Å². The number of amides is 1. The van der Waals surface area contributed by atoms with E-state index in [1.54, 1.807) is 26.0 Å². The number of halogens is 4. The quantitative estimate of drug-likeness (QED) is 0.300. The first kappa shape index (κ1) is 23.6. The van der Waals surface area contributed by atoms with Crippen molar-refractivity contribution in [1.29, 1.82) is 0 Å². The van der Waals surface area contributed by atoms with Crippen LogP contribution < -0.4 is 4.74 Å². The molecule has 1 heterocycles. The number of hydrogen-bond donors (Lipinski definition) is 0. The summed E-state index contributed by atoms with van der Waals surface area (Å²) in [5.74, 6) is -1.62. The second-order valence-corrected chi connectivity index (χ2v) is 9.76. The SMILES string of the molecule is [2H]C([2H])([2H])C(C)c1cc(-c2ccc(C)cc2CN2C(=O)O[C@H](c3cc(C)cc(C(F)(F)F)c3)[C@@H]2C)c(OC)cc1F. The van der Waals surface area contributed by atoms with Crippen LogP contribution in [-0.4, -0.2) is 24.1 Å². The average Bonchev–Trinajstić information content (AvgIpc) is 3.15. The summed E-state index contributed by atoms with van der Waals surface area (Å²) >= 11 is 0. The van der Waals surface area contributed by atoms with Gasteiger partial charge in [-0.05, 0) is 67.1 Å². The summed E-state index contributed by atoms with van der Waals surface area (Å²) in [7, 11) is 1.38. The molecule has 1 fully saturated rings. The van der Waals surface area contributed by atoms with Crippen molar-refractivity contribution in [2.45, 2.75) is 65.3 Å². The molecule has 3 aromatic carbocycles. The van der Waals surface area contributed by atoms with Crippen molar-refractivity contribution in [2.75, 3.05) is 7.11 Å². The molecular weight excluding hydrogens is 498 g/mol. The van der Waals surface area contributed by atoms with E-state index in [0.717, 1.165) is 23.8 Å². The smallest absolute Gasteiger partial charge is 0.416 e. The van der Waals surface area contributed by atoms with Crippen LogP contribution in [0.15, 0.2) is 48.5 Å². The van der Waals surface area contributed by atoms with Crippen LogP contribution in [0, 0.1) is 19.7 Å². The first-order valence-electron chi connectivity index (χ1n) is 13.6. The van der Waals surface area contributed by atoms with Gasteiger partial charge in [0.2, 0.25) is 0 Å². The van der Waals surface area contributed by atoms with Gasteiger partial charge in [0.25, 0.3) is 0 Å². The lowest BCUT2D eigenvalue weighted by atomic mass is 9.92. The van der Waals surface area contributed by atoms with Gasteiger partial charge in [-0.2, -0.15) is 13.2 Å². The zero-order valence-electron chi connectivity index (χ0n) is 24.7. The highest BCUT2D eigenvalue weighted by Gasteiger charge is 2.41. The molecule has 1 amide bonds. The number of rotatable bonds is 6. The number of hydrogen-bond acceptors (Lipinski definition) is 3. The first-order chi connectivity index (χ1) is 19.0. The lowest BCUT2D eigenvalue weighted by molar-refractivity contribution is -0.137. The summed E-state index contributed by atoms with van der Waals surface area (Å²) in [4.78, 5) is 14.5. The molecule has 0 saturated carbocycles. The molecule has 38 heavy (non-hydrogen) atoms. The Balaban J connectivity index is 1.74. The molecule has 0 N–H and O–H groups in total. The highest BCUT2D eigenvalue weighted by molar-refractivity contribution is 5.76. The van der Waals surface area contributed by atoms with Crippen molar-refractivity contribution < 1.29 is 35.9 Å². The van der Waals surface area contributed by atoms with E-state index in [-0.39, 0.29) is 23.4 Å². The molecule has 4 rings (SSSR count). The van der Waals surface area contributed by atoms with Crippen molar-refractivity contribution in [3.63, 3.8) is 0 Å². The van der Waals surface area contributed by atoms with Crippen LogP contribution in [-0.2, 0) is 17.5 Å². The maximum atomic E-state index is 15.0. The Morgan fingerprint density at radius 3 is 2.47 bits per heavy atom. The Labute approximate surface area is 224 Å². The maximum absolute atomic E-state index is 15.0. The van der Waals surface area contributed by atoms with E-state index >= 15 is 0 Å². The Morgan fingerprint density at radius 1 is 1.08 bits per heavy atom. The number of cyclic esters (lactones) is 1. The monoisotopic (exact) mass is 532 g/mol. The minimum absolute atomic E-state index is 0.00116. The minimum Gasteiger partial charge on any atom is -0.496 e. The molecule has 1 unspecified atom stereocenters. The molecule has 4 nitrogen and oxygen atoms in total. The molecule has 0 spiro atoms. The topological polar surface area (TPSA) is 38.8 Å². The van der Waals surface area contributed by atoms with Crippen LogP contribution in [0.2, 0.25) is 0 Å². The molecule has 0 aliphatic carbocycles. The van der Waals surface area contributed by atoms with Gasteiger partial charge in [-0.25, -0.2) is 9.18 Å². The fourth-order valence-electron chi connectivity index (χ4n) is 4.88. The molecule has 0 bridgehead atoms. The van der Waals surface area contributed by atoms with Crippen LogP contribution in [0.25, 0.3) is 11.1 Å². The van der Waals surface area contributed by atoms with Crippen molar-refractivity contribution in [2.24, 2.45) is 0 Å². The van der Waals surface area contributed by atoms with Gasteiger partial charge in [0.05, 0.1) is 25.3 Å². The van der Waals surface area contributed by atoms with Crippen molar-refractivity contribution in [3.8, 4) is 16.9 Å². The summed E-state index contributed by atoms with van der Waals surface area (Å²) in [6.45, 7) is 4.14. The van der Waals surface area contributed by atoms with E-state index in [1.807, 2.05) is 19.1 Å². The summed E-state index contributed by atoms with van der Waals surface area (Å²) in [6, 6.07) is 11.1. The summed E-state index contributed by atoms with van der Waals surface area (Å²) in [6.07, 6.45) is -6.16. The Bertz CT molecular complexity index is 1470. The van der Waals surface area contributed by atoms with Gasteiger partial charge in [-0.1, -0.05) is 49.2 Å². The predicted octanol–water partition coefficient (Wildman–Crippen LogP) is 8.34. The van der Waals surface area contributed by atoms with Crippen LogP contribution in [0.5, 0.6) is 5.75 Å². The van der Waals surface area contributed by atoms with Gasteiger partial charge in [0.15, 0.2) is 0 Å². The molecule has 8 heteroatoms. The Morgan fingerprint density at radius 2 is 1.82 bits per heavy atom. The first-order valence-corrected chi connectivity index (χ1v) is 12.1. The molecule has 0 radical (unpaired) electrons. The maximum Gasteiger partial charge on any atom is 0.416 e. The van der Waals surface area contributed by atoms with E-state index in [9.17, 15) is 22.4 Å². The summed E-state index contributed by atoms with van der Waals surface area (Å²) in [5.41, 5.74) is 2.36. The molecular formula is C30H31F4NO3. The van der Waals surface area contributed by atoms with Crippen molar-refractivity contribution in [1.82, 2.24) is 4.90 Å². The highest BCUT2D eigenvalue weighted by atomic mass is 19.4. The van der Waals surface area contributed by atoms with Crippen LogP contribution in [0.1, 0.15) is 70.2 Å². The van der Waals surface area contributed by atoms with Gasteiger partial charge >= 0.3 is 12.3 Å². The standard InChI is InChI=1S/C30H31F4NO3/c1-16(2)24-13-25(27(37-6)14-26(24)31)23-8-7-17(3)9-21(23)15-35-19(5)28(38-29(35)36)20-10-18(4)11-22(12-20)30(32,33)34/h7-14,16,19,28H,15H2,1-6H3/t19-,28-/m0/s1/i1D3/t16?,19-,28-. The third-order valence-electron chi connectivity index (χ3n) is 6.82. The number of nitrogens with zero attached hydrogens (tertiary/aromatic N) is 1. The van der Waals surface area contributed by atoms with Crippen molar-refractivity contribution >= 4 is 6.09 Å². The lowest BCUT2D eigenvalue weighted by Gasteiger charge is -2.24. The van der Waals surface area contributed by atoms with Gasteiger partial charge < -0.3 is 9.47 Å². The zero-order chi connectivity index (χ0) is 30.4. The number of ether oxygens (including phenoxy) is 2. The van der Waals surface area contributed by atoms with Crippen LogP contribution >= 0.6 is 0 Å². The van der Waals surface area contributed by atoms with E-state index in [2.05, 4.69) is 0 Å². The number of carbonyl (C=O) groups excluding carboxylic acids is 1. The molecule has 3 atom stereocenters. The summed E-state index contributed by atoms with van der Waals surface area (Å²) in [5, 5.41) is 0. The van der Waals surface area contributed by atoms with Crippen LogP contribution in [0.4, 0.5) is 22.4 Å². The molecule has 202 valence electrons. The molecule has 0 aromatic heterocycles. The van der Waals surface area contributed by atoms with Crippen molar-refractivity contribution in [3.05, 3.63) is 87.7 Å². The number of methoxy groups -OCH3 is 1. The average molecular weight is 533 g/mol. The zero-order valence-corrected chi connectivity index (χ0v) is 21.7. The number of alkyl halides is 3. The lowest BCUT2D eigenvalue weighted by Crippen LogP contribution is -2.31. The molecule has 3 aromatic rings.